The Morgan fingerprint density at radius 1 is 1.12 bits per heavy atom. The summed E-state index contributed by atoms with van der Waals surface area (Å²) in [4.78, 5) is 14.6. The van der Waals surface area contributed by atoms with Gasteiger partial charge >= 0.3 is 6.09 Å². The molecule has 0 aliphatic carbocycles. The molecule has 1 saturated heterocycles. The Kier molecular flexibility index (Phi) is 4.46. The van der Waals surface area contributed by atoms with E-state index in [2.05, 4.69) is 38.1 Å². The second kappa shape index (κ2) is 6.27. The van der Waals surface area contributed by atoms with Crippen LogP contribution in [0.5, 0.6) is 0 Å². The van der Waals surface area contributed by atoms with E-state index < -0.39 is 5.60 Å². The number of aryl methyl sites for hydroxylation is 2. The largest absolute Gasteiger partial charge is 0.444 e. The van der Waals surface area contributed by atoms with Crippen LogP contribution < -0.4 is 0 Å². The lowest BCUT2D eigenvalue weighted by Crippen LogP contribution is -2.53. The molecule has 2 atom stereocenters. The molecule has 3 heteroatoms. The molecular weight excluding hydrogens is 298 g/mol. The van der Waals surface area contributed by atoms with Crippen molar-refractivity contribution in [2.75, 3.05) is 0 Å². The van der Waals surface area contributed by atoms with Crippen molar-refractivity contribution in [2.45, 2.75) is 78.0 Å². The Morgan fingerprint density at radius 2 is 1.79 bits per heavy atom. The summed E-state index contributed by atoms with van der Waals surface area (Å²) in [7, 11) is 0. The average molecular weight is 327 g/mol. The Balaban J connectivity index is 1.88. The first-order chi connectivity index (χ1) is 11.2. The van der Waals surface area contributed by atoms with Crippen LogP contribution in [0, 0.1) is 13.8 Å². The van der Waals surface area contributed by atoms with Gasteiger partial charge in [-0.1, -0.05) is 35.4 Å². The standard InChI is InChI=1S/C21H29NO2/c1-14-9-15(2)11-16(10-14)17-12-18-7-6-8-19(13-17)22(18)20(23)24-21(3,4)5/h9-12,18-19H,6-8,13H2,1-5H3. The summed E-state index contributed by atoms with van der Waals surface area (Å²) >= 11 is 0. The van der Waals surface area contributed by atoms with E-state index in [1.165, 1.54) is 28.7 Å². The number of amides is 1. The van der Waals surface area contributed by atoms with E-state index in [9.17, 15) is 4.79 Å². The number of carbonyl (C=O) groups excluding carboxylic acids is 1. The summed E-state index contributed by atoms with van der Waals surface area (Å²) in [5.41, 5.74) is 4.85. The molecule has 2 aliphatic rings. The normalized spacial score (nSPS) is 23.7. The summed E-state index contributed by atoms with van der Waals surface area (Å²) < 4.78 is 5.65. The third-order valence-corrected chi connectivity index (χ3v) is 4.83. The zero-order valence-corrected chi connectivity index (χ0v) is 15.6. The summed E-state index contributed by atoms with van der Waals surface area (Å²) in [5.74, 6) is 0. The first-order valence-electron chi connectivity index (χ1n) is 9.03. The summed E-state index contributed by atoms with van der Waals surface area (Å²) in [5, 5.41) is 0. The predicted molar refractivity (Wildman–Crippen MR) is 98.0 cm³/mol. The molecule has 0 saturated carbocycles. The van der Waals surface area contributed by atoms with Crippen LogP contribution in [0.3, 0.4) is 0 Å². The van der Waals surface area contributed by atoms with Crippen LogP contribution in [-0.2, 0) is 4.74 Å². The lowest BCUT2D eigenvalue weighted by atomic mass is 9.82. The Morgan fingerprint density at radius 3 is 2.38 bits per heavy atom. The second-order valence-corrected chi connectivity index (χ2v) is 8.31. The molecule has 130 valence electrons. The Hall–Kier alpha value is -1.77. The number of benzene rings is 1. The fourth-order valence-corrected chi connectivity index (χ4v) is 4.00. The fraction of sp³-hybridized carbons (Fsp3) is 0.571. The van der Waals surface area contributed by atoms with E-state index >= 15 is 0 Å². The highest BCUT2D eigenvalue weighted by molar-refractivity contribution is 5.75. The smallest absolute Gasteiger partial charge is 0.411 e. The van der Waals surface area contributed by atoms with Crippen molar-refractivity contribution in [1.29, 1.82) is 0 Å². The third kappa shape index (κ3) is 3.66. The molecule has 2 heterocycles. The van der Waals surface area contributed by atoms with Crippen LogP contribution in [0.1, 0.15) is 63.1 Å². The maximum Gasteiger partial charge on any atom is 0.411 e. The molecule has 2 aliphatic heterocycles. The summed E-state index contributed by atoms with van der Waals surface area (Å²) in [6.07, 6.45) is 6.35. The van der Waals surface area contributed by atoms with Crippen LogP contribution in [0.4, 0.5) is 4.79 Å². The molecule has 1 fully saturated rings. The quantitative estimate of drug-likeness (QED) is 0.705. The van der Waals surface area contributed by atoms with Gasteiger partial charge in [-0.15, -0.1) is 0 Å². The van der Waals surface area contributed by atoms with Gasteiger partial charge in [0.25, 0.3) is 0 Å². The minimum atomic E-state index is -0.441. The Bertz CT molecular complexity index is 649. The molecular formula is C21H29NO2. The molecule has 1 aromatic carbocycles. The van der Waals surface area contributed by atoms with Gasteiger partial charge in [-0.25, -0.2) is 4.79 Å². The predicted octanol–water partition coefficient (Wildman–Crippen LogP) is 5.25. The van der Waals surface area contributed by atoms with Crippen molar-refractivity contribution in [3.05, 3.63) is 41.0 Å². The van der Waals surface area contributed by atoms with Gasteiger partial charge in [-0.3, -0.25) is 4.90 Å². The first kappa shape index (κ1) is 17.1. The molecule has 2 bridgehead atoms. The molecule has 24 heavy (non-hydrogen) atoms. The van der Waals surface area contributed by atoms with Crippen molar-refractivity contribution in [2.24, 2.45) is 0 Å². The molecule has 0 spiro atoms. The summed E-state index contributed by atoms with van der Waals surface area (Å²) in [6.45, 7) is 10.1. The lowest BCUT2D eigenvalue weighted by Gasteiger charge is -2.45. The monoisotopic (exact) mass is 327 g/mol. The minimum Gasteiger partial charge on any atom is -0.444 e. The number of piperidine rings is 1. The number of carbonyl (C=O) groups is 1. The van der Waals surface area contributed by atoms with Crippen LogP contribution >= 0.6 is 0 Å². The zero-order chi connectivity index (χ0) is 17.5. The van der Waals surface area contributed by atoms with Gasteiger partial charge in [0.2, 0.25) is 0 Å². The van der Waals surface area contributed by atoms with Crippen molar-refractivity contribution >= 4 is 11.7 Å². The van der Waals surface area contributed by atoms with Crippen molar-refractivity contribution in [3.8, 4) is 0 Å². The highest BCUT2D eigenvalue weighted by Crippen LogP contribution is 2.38. The van der Waals surface area contributed by atoms with Crippen LogP contribution in [0.15, 0.2) is 24.3 Å². The number of rotatable bonds is 1. The fourth-order valence-electron chi connectivity index (χ4n) is 4.00. The minimum absolute atomic E-state index is 0.159. The number of nitrogens with zero attached hydrogens (tertiary/aromatic N) is 1. The highest BCUT2D eigenvalue weighted by atomic mass is 16.6. The molecule has 1 amide bonds. The molecule has 0 N–H and O–H groups in total. The lowest BCUT2D eigenvalue weighted by molar-refractivity contribution is 0.0000842. The first-order valence-corrected chi connectivity index (χ1v) is 9.03. The van der Waals surface area contributed by atoms with Gasteiger partial charge in [0.05, 0.1) is 6.04 Å². The number of fused-ring (bicyclic) bond motifs is 2. The van der Waals surface area contributed by atoms with Gasteiger partial charge in [-0.2, -0.15) is 0 Å². The van der Waals surface area contributed by atoms with E-state index in [0.29, 0.717) is 0 Å². The van der Waals surface area contributed by atoms with Gasteiger partial charge < -0.3 is 4.74 Å². The molecule has 2 unspecified atom stereocenters. The second-order valence-electron chi connectivity index (χ2n) is 8.31. The van der Waals surface area contributed by atoms with Gasteiger partial charge in [0.15, 0.2) is 0 Å². The number of ether oxygens (including phenoxy) is 1. The Labute approximate surface area is 145 Å². The number of hydrogen-bond acceptors (Lipinski definition) is 2. The zero-order valence-electron chi connectivity index (χ0n) is 15.6. The van der Waals surface area contributed by atoms with E-state index in [-0.39, 0.29) is 18.2 Å². The van der Waals surface area contributed by atoms with Crippen LogP contribution in [-0.4, -0.2) is 28.7 Å². The molecule has 0 aromatic heterocycles. The van der Waals surface area contributed by atoms with E-state index in [0.717, 1.165) is 19.3 Å². The van der Waals surface area contributed by atoms with E-state index in [1.54, 1.807) is 0 Å². The maximum atomic E-state index is 12.7. The molecule has 1 aromatic rings. The highest BCUT2D eigenvalue weighted by Gasteiger charge is 2.39. The van der Waals surface area contributed by atoms with Crippen molar-refractivity contribution in [3.63, 3.8) is 0 Å². The van der Waals surface area contributed by atoms with Gasteiger partial charge in [0.1, 0.15) is 5.60 Å². The van der Waals surface area contributed by atoms with Gasteiger partial charge in [0, 0.05) is 6.04 Å². The average Bonchev–Trinajstić information content (AvgIpc) is 2.42. The topological polar surface area (TPSA) is 29.5 Å². The molecule has 0 radical (unpaired) electrons. The molecule has 3 rings (SSSR count). The van der Waals surface area contributed by atoms with E-state index in [4.69, 9.17) is 4.74 Å². The van der Waals surface area contributed by atoms with Crippen molar-refractivity contribution in [1.82, 2.24) is 4.90 Å². The SMILES string of the molecule is Cc1cc(C)cc(C2=CC3CCCC(C2)N3C(=O)OC(C)(C)C)c1. The van der Waals surface area contributed by atoms with E-state index in [1.807, 2.05) is 25.7 Å². The molecule has 3 nitrogen and oxygen atoms in total. The summed E-state index contributed by atoms with van der Waals surface area (Å²) in [6, 6.07) is 7.17. The van der Waals surface area contributed by atoms with Gasteiger partial charge in [-0.05, 0) is 71.4 Å². The van der Waals surface area contributed by atoms with Crippen LogP contribution in [0.2, 0.25) is 0 Å². The maximum absolute atomic E-state index is 12.7. The van der Waals surface area contributed by atoms with Crippen molar-refractivity contribution < 1.29 is 9.53 Å². The number of hydrogen-bond donors (Lipinski definition) is 0. The third-order valence-electron chi connectivity index (χ3n) is 4.83. The van der Waals surface area contributed by atoms with Crippen LogP contribution in [0.25, 0.3) is 5.57 Å².